The average molecular weight is 385 g/mol. The fraction of sp³-hybridized carbons (Fsp3) is 0.333. The first-order valence-electron chi connectivity index (χ1n) is 9.15. The van der Waals surface area contributed by atoms with Gasteiger partial charge in [-0.1, -0.05) is 31.2 Å². The maximum absolute atomic E-state index is 12.3. The second-order valence-electron chi connectivity index (χ2n) is 6.31. The number of esters is 1. The van der Waals surface area contributed by atoms with Crippen molar-refractivity contribution in [2.75, 3.05) is 6.79 Å². The van der Waals surface area contributed by atoms with E-state index < -0.39 is 18.2 Å². The highest BCUT2D eigenvalue weighted by atomic mass is 16.7. The quantitative estimate of drug-likeness (QED) is 0.704. The molecule has 28 heavy (non-hydrogen) atoms. The minimum atomic E-state index is -0.935. The highest BCUT2D eigenvalue weighted by Gasteiger charge is 2.25. The van der Waals surface area contributed by atoms with Gasteiger partial charge in [0, 0.05) is 6.54 Å². The van der Waals surface area contributed by atoms with Crippen LogP contribution in [-0.2, 0) is 20.9 Å². The van der Waals surface area contributed by atoms with Gasteiger partial charge in [0.05, 0.1) is 0 Å². The second-order valence-corrected chi connectivity index (χ2v) is 6.31. The molecule has 0 saturated carbocycles. The smallest absolute Gasteiger partial charge is 0.348 e. The van der Waals surface area contributed by atoms with E-state index in [0.29, 0.717) is 23.7 Å². The van der Waals surface area contributed by atoms with Crippen molar-refractivity contribution in [1.82, 2.24) is 5.32 Å². The molecule has 0 aromatic heterocycles. The zero-order valence-electron chi connectivity index (χ0n) is 15.8. The summed E-state index contributed by atoms with van der Waals surface area (Å²) in [5.41, 5.74) is 0.856. The fourth-order valence-electron chi connectivity index (χ4n) is 2.65. The molecule has 2 aromatic rings. The molecule has 0 fully saturated rings. The van der Waals surface area contributed by atoms with Crippen LogP contribution in [0.1, 0.15) is 25.8 Å². The maximum atomic E-state index is 12.3. The van der Waals surface area contributed by atoms with E-state index in [1.54, 1.807) is 24.3 Å². The van der Waals surface area contributed by atoms with Crippen LogP contribution < -0.4 is 19.5 Å². The number of hydrogen-bond donors (Lipinski definition) is 1. The number of ether oxygens (including phenoxy) is 4. The van der Waals surface area contributed by atoms with Crippen molar-refractivity contribution < 1.29 is 28.5 Å². The van der Waals surface area contributed by atoms with Crippen LogP contribution in [0.2, 0.25) is 0 Å². The number of carbonyl (C=O) groups excluding carboxylic acids is 2. The predicted molar refractivity (Wildman–Crippen MR) is 101 cm³/mol. The normalized spacial score (nSPS) is 14.1. The molecule has 148 valence electrons. The topological polar surface area (TPSA) is 83.1 Å². The van der Waals surface area contributed by atoms with E-state index in [0.717, 1.165) is 5.56 Å². The molecule has 0 bridgehead atoms. The molecule has 0 spiro atoms. The van der Waals surface area contributed by atoms with Crippen LogP contribution in [0.15, 0.2) is 48.5 Å². The van der Waals surface area contributed by atoms with E-state index >= 15 is 0 Å². The van der Waals surface area contributed by atoms with Gasteiger partial charge in [0.2, 0.25) is 6.79 Å². The minimum Gasteiger partial charge on any atom is -0.479 e. The first-order valence-corrected chi connectivity index (χ1v) is 9.15. The summed E-state index contributed by atoms with van der Waals surface area (Å²) in [5.74, 6) is 0.945. The first kappa shape index (κ1) is 19.5. The molecule has 7 heteroatoms. The first-order chi connectivity index (χ1) is 13.6. The van der Waals surface area contributed by atoms with Crippen molar-refractivity contribution in [3.63, 3.8) is 0 Å². The Morgan fingerprint density at radius 2 is 1.86 bits per heavy atom. The number of rotatable bonds is 8. The molecule has 0 aliphatic carbocycles. The Balaban J connectivity index is 1.49. The molecule has 0 saturated heterocycles. The monoisotopic (exact) mass is 385 g/mol. The summed E-state index contributed by atoms with van der Waals surface area (Å²) in [6, 6.07) is 14.5. The molecule has 2 atom stereocenters. The number of para-hydroxylation sites is 1. The summed E-state index contributed by atoms with van der Waals surface area (Å²) in [4.78, 5) is 24.6. The van der Waals surface area contributed by atoms with E-state index in [1.165, 1.54) is 6.92 Å². The van der Waals surface area contributed by atoms with Crippen molar-refractivity contribution in [3.05, 3.63) is 54.1 Å². The van der Waals surface area contributed by atoms with Crippen LogP contribution in [0.25, 0.3) is 0 Å². The van der Waals surface area contributed by atoms with Gasteiger partial charge in [-0.05, 0) is 43.2 Å². The standard InChI is InChI=1S/C21H23NO6/c1-3-17(28-16-7-5-4-6-8-16)21(24)27-14(2)20(23)22-12-15-9-10-18-19(11-15)26-13-25-18/h4-11,14,17H,3,12-13H2,1-2H3,(H,22,23)/t14-,17+/m1/s1. The lowest BCUT2D eigenvalue weighted by Gasteiger charge is -2.19. The maximum Gasteiger partial charge on any atom is 0.348 e. The zero-order valence-corrected chi connectivity index (χ0v) is 15.8. The molecule has 1 aliphatic heterocycles. The summed E-state index contributed by atoms with van der Waals surface area (Å²) in [6.45, 7) is 3.83. The van der Waals surface area contributed by atoms with Gasteiger partial charge < -0.3 is 24.3 Å². The molecule has 1 aliphatic rings. The fourth-order valence-corrected chi connectivity index (χ4v) is 2.65. The van der Waals surface area contributed by atoms with Gasteiger partial charge in [0.25, 0.3) is 5.91 Å². The van der Waals surface area contributed by atoms with Crippen LogP contribution >= 0.6 is 0 Å². The Morgan fingerprint density at radius 3 is 2.61 bits per heavy atom. The van der Waals surface area contributed by atoms with Crippen LogP contribution in [0.3, 0.4) is 0 Å². The molecule has 1 heterocycles. The number of amides is 1. The Hall–Kier alpha value is -3.22. The van der Waals surface area contributed by atoms with Crippen molar-refractivity contribution in [1.29, 1.82) is 0 Å². The molecular weight excluding hydrogens is 362 g/mol. The molecule has 1 amide bonds. The largest absolute Gasteiger partial charge is 0.479 e. The van der Waals surface area contributed by atoms with Crippen molar-refractivity contribution >= 4 is 11.9 Å². The van der Waals surface area contributed by atoms with Crippen LogP contribution in [0, 0.1) is 0 Å². The second kappa shape index (κ2) is 9.12. The van der Waals surface area contributed by atoms with Crippen molar-refractivity contribution in [2.24, 2.45) is 0 Å². The van der Waals surface area contributed by atoms with E-state index in [-0.39, 0.29) is 19.2 Å². The minimum absolute atomic E-state index is 0.196. The molecule has 1 N–H and O–H groups in total. The summed E-state index contributed by atoms with van der Waals surface area (Å²) in [6.07, 6.45) is -1.28. The van der Waals surface area contributed by atoms with Crippen LogP contribution in [-0.4, -0.2) is 30.9 Å². The summed E-state index contributed by atoms with van der Waals surface area (Å²) >= 11 is 0. The predicted octanol–water partition coefficient (Wildman–Crippen LogP) is 2.82. The van der Waals surface area contributed by atoms with Gasteiger partial charge in [-0.25, -0.2) is 4.79 Å². The van der Waals surface area contributed by atoms with Gasteiger partial charge in [-0.2, -0.15) is 0 Å². The SMILES string of the molecule is CC[C@H](Oc1ccccc1)C(=O)O[C@H](C)C(=O)NCc1ccc2c(c1)OCO2. The van der Waals surface area contributed by atoms with E-state index in [1.807, 2.05) is 31.2 Å². The Morgan fingerprint density at radius 1 is 1.11 bits per heavy atom. The number of fused-ring (bicyclic) bond motifs is 1. The molecule has 3 rings (SSSR count). The Labute approximate surface area is 163 Å². The zero-order chi connectivity index (χ0) is 19.9. The number of benzene rings is 2. The molecular formula is C21H23NO6. The van der Waals surface area contributed by atoms with E-state index in [9.17, 15) is 9.59 Å². The van der Waals surface area contributed by atoms with Gasteiger partial charge in [-0.15, -0.1) is 0 Å². The van der Waals surface area contributed by atoms with Gasteiger partial charge >= 0.3 is 5.97 Å². The van der Waals surface area contributed by atoms with E-state index in [2.05, 4.69) is 5.32 Å². The third-order valence-corrected chi connectivity index (χ3v) is 4.22. The molecule has 0 radical (unpaired) electrons. The highest BCUT2D eigenvalue weighted by molar-refractivity contribution is 5.84. The van der Waals surface area contributed by atoms with Crippen molar-refractivity contribution in [2.45, 2.75) is 39.0 Å². The van der Waals surface area contributed by atoms with Crippen LogP contribution in [0.4, 0.5) is 0 Å². The van der Waals surface area contributed by atoms with Gasteiger partial charge in [0.15, 0.2) is 23.7 Å². The number of hydrogen-bond acceptors (Lipinski definition) is 6. The summed E-state index contributed by atoms with van der Waals surface area (Å²) in [5, 5.41) is 2.75. The number of nitrogens with one attached hydrogen (secondary N) is 1. The Bertz CT molecular complexity index is 823. The lowest BCUT2D eigenvalue weighted by atomic mass is 10.2. The lowest BCUT2D eigenvalue weighted by Crippen LogP contribution is -2.39. The Kier molecular flexibility index (Phi) is 6.37. The van der Waals surface area contributed by atoms with Crippen molar-refractivity contribution in [3.8, 4) is 17.2 Å². The average Bonchev–Trinajstić information content (AvgIpc) is 3.18. The summed E-state index contributed by atoms with van der Waals surface area (Å²) in [7, 11) is 0. The molecule has 7 nitrogen and oxygen atoms in total. The highest BCUT2D eigenvalue weighted by Crippen LogP contribution is 2.32. The number of carbonyl (C=O) groups is 2. The van der Waals surface area contributed by atoms with Gasteiger partial charge in [-0.3, -0.25) is 4.79 Å². The third-order valence-electron chi connectivity index (χ3n) is 4.22. The van der Waals surface area contributed by atoms with E-state index in [4.69, 9.17) is 18.9 Å². The molecule has 2 aromatic carbocycles. The summed E-state index contributed by atoms with van der Waals surface area (Å²) < 4.78 is 21.5. The lowest BCUT2D eigenvalue weighted by molar-refractivity contribution is -0.161. The molecule has 0 unspecified atom stereocenters. The third kappa shape index (κ3) is 4.94. The van der Waals surface area contributed by atoms with Gasteiger partial charge in [0.1, 0.15) is 5.75 Å². The van der Waals surface area contributed by atoms with Crippen LogP contribution in [0.5, 0.6) is 17.2 Å².